The van der Waals surface area contributed by atoms with Gasteiger partial charge in [-0.2, -0.15) is 0 Å². The Balaban J connectivity index is 2.03. The van der Waals surface area contributed by atoms with E-state index in [1.54, 1.807) is 18.2 Å². The second-order valence-corrected chi connectivity index (χ2v) is 5.88. The van der Waals surface area contributed by atoms with Gasteiger partial charge in [-0.25, -0.2) is 4.98 Å². The lowest BCUT2D eigenvalue weighted by Gasteiger charge is -2.04. The molecule has 0 radical (unpaired) electrons. The number of rotatable bonds is 3. The van der Waals surface area contributed by atoms with E-state index in [0.29, 0.717) is 22.2 Å². The van der Waals surface area contributed by atoms with Crippen LogP contribution in [-0.4, -0.2) is 22.0 Å². The van der Waals surface area contributed by atoms with Gasteiger partial charge in [-0.05, 0) is 24.3 Å². The standard InChI is InChI=1S/C17H10ClN3O5/c1-25-9-3-5-13-11(7-9)14-15(26-13)17(22)20-16(19-14)10-6-8(21(23)24)2-4-12(10)18/h2-7H,1H3,(H,19,20,22). The molecule has 0 unspecified atom stereocenters. The smallest absolute Gasteiger partial charge is 0.294 e. The number of furan rings is 1. The summed E-state index contributed by atoms with van der Waals surface area (Å²) in [5, 5.41) is 11.8. The van der Waals surface area contributed by atoms with Crippen LogP contribution in [0.5, 0.6) is 5.75 Å². The first-order chi connectivity index (χ1) is 12.5. The fraction of sp³-hybridized carbons (Fsp3) is 0.0588. The number of non-ortho nitro benzene ring substituents is 1. The summed E-state index contributed by atoms with van der Waals surface area (Å²) in [6.45, 7) is 0. The van der Waals surface area contributed by atoms with Crippen molar-refractivity contribution >= 4 is 39.4 Å². The van der Waals surface area contributed by atoms with Crippen molar-refractivity contribution in [3.63, 3.8) is 0 Å². The first-order valence-corrected chi connectivity index (χ1v) is 7.80. The number of aromatic amines is 1. The topological polar surface area (TPSA) is 111 Å². The normalized spacial score (nSPS) is 11.2. The Morgan fingerprint density at radius 1 is 1.27 bits per heavy atom. The summed E-state index contributed by atoms with van der Waals surface area (Å²) >= 11 is 6.15. The van der Waals surface area contributed by atoms with Gasteiger partial charge in [-0.1, -0.05) is 11.6 Å². The maximum Gasteiger partial charge on any atom is 0.294 e. The van der Waals surface area contributed by atoms with Crippen molar-refractivity contribution in [2.75, 3.05) is 7.11 Å². The molecule has 2 aromatic carbocycles. The molecule has 0 atom stereocenters. The van der Waals surface area contributed by atoms with Crippen molar-refractivity contribution in [1.29, 1.82) is 0 Å². The molecule has 130 valence electrons. The highest BCUT2D eigenvalue weighted by atomic mass is 35.5. The third-order valence-corrected chi connectivity index (χ3v) is 4.28. The van der Waals surface area contributed by atoms with E-state index >= 15 is 0 Å². The van der Waals surface area contributed by atoms with E-state index in [1.807, 2.05) is 0 Å². The van der Waals surface area contributed by atoms with E-state index in [1.165, 1.54) is 25.3 Å². The highest BCUT2D eigenvalue weighted by Crippen LogP contribution is 2.32. The predicted octanol–water partition coefficient (Wildman–Crippen LogP) is 3.91. The molecule has 0 aliphatic rings. The lowest BCUT2D eigenvalue weighted by atomic mass is 10.1. The van der Waals surface area contributed by atoms with Crippen molar-refractivity contribution in [1.82, 2.24) is 9.97 Å². The zero-order valence-electron chi connectivity index (χ0n) is 13.3. The molecular weight excluding hydrogens is 362 g/mol. The molecule has 0 aliphatic carbocycles. The summed E-state index contributed by atoms with van der Waals surface area (Å²) in [6.07, 6.45) is 0. The minimum Gasteiger partial charge on any atom is -0.497 e. The van der Waals surface area contributed by atoms with Gasteiger partial charge >= 0.3 is 0 Å². The van der Waals surface area contributed by atoms with Crippen molar-refractivity contribution in [2.45, 2.75) is 0 Å². The first kappa shape index (κ1) is 16.1. The van der Waals surface area contributed by atoms with Gasteiger partial charge in [0, 0.05) is 17.7 Å². The van der Waals surface area contributed by atoms with Crippen molar-refractivity contribution in [3.8, 4) is 17.1 Å². The molecule has 0 bridgehead atoms. The number of nitro groups is 1. The van der Waals surface area contributed by atoms with Crippen LogP contribution in [0.15, 0.2) is 45.6 Å². The van der Waals surface area contributed by atoms with Crippen molar-refractivity contribution in [2.24, 2.45) is 0 Å². The fourth-order valence-corrected chi connectivity index (χ4v) is 2.90. The Kier molecular flexibility index (Phi) is 3.62. The molecule has 9 heteroatoms. The highest BCUT2D eigenvalue weighted by molar-refractivity contribution is 6.33. The van der Waals surface area contributed by atoms with Crippen LogP contribution in [-0.2, 0) is 0 Å². The van der Waals surface area contributed by atoms with E-state index in [0.717, 1.165) is 0 Å². The number of fused-ring (bicyclic) bond motifs is 3. The molecule has 0 aliphatic heterocycles. The number of halogens is 1. The second-order valence-electron chi connectivity index (χ2n) is 5.48. The maximum atomic E-state index is 12.4. The largest absolute Gasteiger partial charge is 0.497 e. The minimum absolute atomic E-state index is 0.0542. The minimum atomic E-state index is -0.547. The van der Waals surface area contributed by atoms with Crippen LogP contribution in [0.25, 0.3) is 33.5 Å². The third-order valence-electron chi connectivity index (χ3n) is 3.95. The lowest BCUT2D eigenvalue weighted by molar-refractivity contribution is -0.384. The zero-order chi connectivity index (χ0) is 18.4. The molecule has 1 N–H and O–H groups in total. The number of ether oxygens (including phenoxy) is 1. The summed E-state index contributed by atoms with van der Waals surface area (Å²) < 4.78 is 10.8. The number of nitro benzene ring substituents is 1. The number of nitrogens with one attached hydrogen (secondary N) is 1. The first-order valence-electron chi connectivity index (χ1n) is 7.43. The number of hydrogen-bond acceptors (Lipinski definition) is 6. The van der Waals surface area contributed by atoms with Gasteiger partial charge in [0.2, 0.25) is 5.58 Å². The van der Waals surface area contributed by atoms with Crippen LogP contribution in [0.1, 0.15) is 0 Å². The van der Waals surface area contributed by atoms with Crippen LogP contribution < -0.4 is 10.3 Å². The SMILES string of the molecule is COc1ccc2oc3c(=O)[nH]c(-c4cc([N+](=O)[O-])ccc4Cl)nc3c2c1. The van der Waals surface area contributed by atoms with Crippen LogP contribution in [0, 0.1) is 10.1 Å². The molecule has 0 fully saturated rings. The van der Waals surface area contributed by atoms with Gasteiger partial charge in [0.05, 0.1) is 22.4 Å². The number of nitrogens with zero attached hydrogens (tertiary/aromatic N) is 2. The molecular formula is C17H10ClN3O5. The third kappa shape index (κ3) is 2.47. The van der Waals surface area contributed by atoms with Gasteiger partial charge in [-0.3, -0.25) is 14.9 Å². The maximum absolute atomic E-state index is 12.4. The summed E-state index contributed by atoms with van der Waals surface area (Å²) in [5.41, 5.74) is 0.422. The number of H-pyrrole nitrogens is 1. The number of hydrogen-bond donors (Lipinski definition) is 1. The molecule has 4 rings (SSSR count). The summed E-state index contributed by atoms with van der Waals surface area (Å²) in [7, 11) is 1.53. The molecule has 0 amide bonds. The number of aromatic nitrogens is 2. The summed E-state index contributed by atoms with van der Waals surface area (Å²) in [6, 6.07) is 9.00. The van der Waals surface area contributed by atoms with E-state index in [9.17, 15) is 14.9 Å². The monoisotopic (exact) mass is 371 g/mol. The van der Waals surface area contributed by atoms with Crippen molar-refractivity contribution in [3.05, 3.63) is 61.9 Å². The molecule has 26 heavy (non-hydrogen) atoms. The molecule has 0 saturated heterocycles. The van der Waals surface area contributed by atoms with Gasteiger partial charge in [0.25, 0.3) is 11.2 Å². The van der Waals surface area contributed by atoms with Gasteiger partial charge in [-0.15, -0.1) is 0 Å². The molecule has 2 aromatic heterocycles. The number of benzene rings is 2. The second kappa shape index (κ2) is 5.85. The Bertz CT molecular complexity index is 1240. The van der Waals surface area contributed by atoms with Gasteiger partial charge in [0.1, 0.15) is 22.7 Å². The Morgan fingerprint density at radius 3 is 2.81 bits per heavy atom. The molecule has 0 saturated carbocycles. The van der Waals surface area contributed by atoms with Gasteiger partial charge < -0.3 is 14.1 Å². The van der Waals surface area contributed by atoms with Crippen LogP contribution in [0.3, 0.4) is 0 Å². The van der Waals surface area contributed by atoms with Gasteiger partial charge in [0.15, 0.2) is 0 Å². The predicted molar refractivity (Wildman–Crippen MR) is 95.8 cm³/mol. The molecule has 0 spiro atoms. The quantitative estimate of drug-likeness (QED) is 0.431. The zero-order valence-corrected chi connectivity index (χ0v) is 14.0. The average molecular weight is 372 g/mol. The number of methoxy groups -OCH3 is 1. The van der Waals surface area contributed by atoms with E-state index in [2.05, 4.69) is 9.97 Å². The Labute approximate surface area is 150 Å². The van der Waals surface area contributed by atoms with E-state index in [4.69, 9.17) is 20.8 Å². The lowest BCUT2D eigenvalue weighted by Crippen LogP contribution is -2.08. The Morgan fingerprint density at radius 2 is 2.08 bits per heavy atom. The van der Waals surface area contributed by atoms with Crippen LogP contribution in [0.4, 0.5) is 5.69 Å². The fourth-order valence-electron chi connectivity index (χ4n) is 2.70. The van der Waals surface area contributed by atoms with E-state index < -0.39 is 10.5 Å². The van der Waals surface area contributed by atoms with Crippen LogP contribution in [0.2, 0.25) is 5.02 Å². The van der Waals surface area contributed by atoms with Crippen LogP contribution >= 0.6 is 11.6 Å². The summed E-state index contributed by atoms with van der Waals surface area (Å²) in [5.74, 6) is 0.693. The average Bonchev–Trinajstić information content (AvgIpc) is 3.00. The molecule has 2 heterocycles. The molecule has 8 nitrogen and oxygen atoms in total. The Hall–Kier alpha value is -3.39. The molecule has 4 aromatic rings. The highest BCUT2D eigenvalue weighted by Gasteiger charge is 2.18. The van der Waals surface area contributed by atoms with Crippen molar-refractivity contribution < 1.29 is 14.1 Å². The summed E-state index contributed by atoms with van der Waals surface area (Å²) in [4.78, 5) is 29.9. The van der Waals surface area contributed by atoms with E-state index in [-0.39, 0.29) is 27.7 Å².